The van der Waals surface area contributed by atoms with E-state index in [0.717, 1.165) is 64.7 Å². The second kappa shape index (κ2) is 14.0. The fourth-order valence-electron chi connectivity index (χ4n) is 5.01. The zero-order valence-corrected chi connectivity index (χ0v) is 22.9. The summed E-state index contributed by atoms with van der Waals surface area (Å²) in [7, 11) is 1.87. The second-order valence-corrected chi connectivity index (χ2v) is 9.20. The van der Waals surface area contributed by atoms with Crippen molar-refractivity contribution in [2.24, 2.45) is 4.99 Å². The maximum atomic E-state index is 5.59. The number of nitrogens with zero attached hydrogens (tertiary/aromatic N) is 3. The molecule has 2 fully saturated rings. The molecule has 7 heteroatoms. The summed E-state index contributed by atoms with van der Waals surface area (Å²) in [4.78, 5) is 9.65. The largest absolute Gasteiger partial charge is 0.379 e. The van der Waals surface area contributed by atoms with Crippen molar-refractivity contribution in [2.45, 2.75) is 44.4 Å². The Morgan fingerprint density at radius 3 is 2.35 bits per heavy atom. The standard InChI is InChI=1S/C27H39N5O.HI/c1-22-19-25(13-14-32(22)21-23-9-5-3-6-10-23)30-27(28-2)29-20-26(24-11-7-4-8-12-24)31-15-17-33-18-16-31;/h3-12,22,25-26H,13-21H2,1-2H3,(H2,28,29,30);1H. The van der Waals surface area contributed by atoms with E-state index in [2.05, 4.69) is 93.0 Å². The highest BCUT2D eigenvalue weighted by Crippen LogP contribution is 2.22. The van der Waals surface area contributed by atoms with Gasteiger partial charge in [-0.25, -0.2) is 0 Å². The van der Waals surface area contributed by atoms with E-state index in [1.807, 2.05) is 7.05 Å². The Balaban J connectivity index is 0.00000324. The molecule has 0 radical (unpaired) electrons. The molecule has 6 nitrogen and oxygen atoms in total. The number of ether oxygens (including phenoxy) is 1. The van der Waals surface area contributed by atoms with Crippen molar-refractivity contribution in [1.82, 2.24) is 20.4 Å². The molecule has 2 aliphatic rings. The van der Waals surface area contributed by atoms with Crippen molar-refractivity contribution in [3.8, 4) is 0 Å². The first-order chi connectivity index (χ1) is 16.2. The Bertz CT molecular complexity index is 860. The van der Waals surface area contributed by atoms with Crippen LogP contribution in [-0.4, -0.2) is 74.3 Å². The van der Waals surface area contributed by atoms with Gasteiger partial charge in [0.2, 0.25) is 0 Å². The van der Waals surface area contributed by atoms with E-state index in [0.29, 0.717) is 18.1 Å². The molecule has 3 unspecified atom stereocenters. The first kappa shape index (κ1) is 26.9. The maximum Gasteiger partial charge on any atom is 0.191 e. The van der Waals surface area contributed by atoms with Gasteiger partial charge in [-0.2, -0.15) is 0 Å². The molecular formula is C27H40IN5O. The van der Waals surface area contributed by atoms with Gasteiger partial charge >= 0.3 is 0 Å². The third-order valence-electron chi connectivity index (χ3n) is 6.94. The van der Waals surface area contributed by atoms with Crippen LogP contribution in [0.15, 0.2) is 65.7 Å². The molecule has 0 bridgehead atoms. The van der Waals surface area contributed by atoms with Crippen LogP contribution < -0.4 is 10.6 Å². The Kier molecular flexibility index (Phi) is 11.1. The summed E-state index contributed by atoms with van der Waals surface area (Å²) in [5, 5.41) is 7.32. The molecule has 0 spiro atoms. The van der Waals surface area contributed by atoms with Crippen LogP contribution in [-0.2, 0) is 11.3 Å². The highest BCUT2D eigenvalue weighted by atomic mass is 127. The van der Waals surface area contributed by atoms with Crippen LogP contribution in [0.25, 0.3) is 0 Å². The van der Waals surface area contributed by atoms with Crippen LogP contribution in [0, 0.1) is 0 Å². The van der Waals surface area contributed by atoms with Crippen LogP contribution >= 0.6 is 24.0 Å². The third-order valence-corrected chi connectivity index (χ3v) is 6.94. The number of rotatable bonds is 7. The number of morpholine rings is 1. The molecule has 2 aliphatic heterocycles. The van der Waals surface area contributed by atoms with Crippen molar-refractivity contribution < 1.29 is 4.74 Å². The summed E-state index contributed by atoms with van der Waals surface area (Å²) in [6, 6.07) is 22.9. The maximum absolute atomic E-state index is 5.59. The van der Waals surface area contributed by atoms with E-state index in [9.17, 15) is 0 Å². The Labute approximate surface area is 222 Å². The number of halogens is 1. The molecular weight excluding hydrogens is 537 g/mol. The SMILES string of the molecule is CN=C(NCC(c1ccccc1)N1CCOCC1)NC1CCN(Cc2ccccc2)C(C)C1.I. The lowest BCUT2D eigenvalue weighted by Gasteiger charge is -2.39. The lowest BCUT2D eigenvalue weighted by atomic mass is 9.97. The van der Waals surface area contributed by atoms with Crippen molar-refractivity contribution in [1.29, 1.82) is 0 Å². The molecule has 2 N–H and O–H groups in total. The van der Waals surface area contributed by atoms with E-state index < -0.39 is 0 Å². The van der Waals surface area contributed by atoms with Crippen LogP contribution in [0.4, 0.5) is 0 Å². The van der Waals surface area contributed by atoms with Gasteiger partial charge in [0.25, 0.3) is 0 Å². The Morgan fingerprint density at radius 1 is 1.03 bits per heavy atom. The van der Waals surface area contributed by atoms with E-state index in [1.54, 1.807) is 0 Å². The number of benzene rings is 2. The number of nitrogens with one attached hydrogen (secondary N) is 2. The lowest BCUT2D eigenvalue weighted by molar-refractivity contribution is 0.0170. The molecule has 0 saturated carbocycles. The van der Waals surface area contributed by atoms with Crippen LogP contribution in [0.5, 0.6) is 0 Å². The Morgan fingerprint density at radius 2 is 1.71 bits per heavy atom. The topological polar surface area (TPSA) is 52.1 Å². The normalized spacial score (nSPS) is 23.1. The molecule has 0 amide bonds. The van der Waals surface area contributed by atoms with Gasteiger partial charge in [-0.1, -0.05) is 60.7 Å². The number of likely N-dealkylation sites (tertiary alicyclic amines) is 1. The van der Waals surface area contributed by atoms with Gasteiger partial charge in [-0.05, 0) is 30.9 Å². The molecule has 2 saturated heterocycles. The number of piperidine rings is 1. The quantitative estimate of drug-likeness (QED) is 0.297. The third kappa shape index (κ3) is 7.66. The van der Waals surface area contributed by atoms with Crippen LogP contribution in [0.3, 0.4) is 0 Å². The molecule has 3 atom stereocenters. The van der Waals surface area contributed by atoms with Crippen molar-refractivity contribution in [2.75, 3.05) is 46.4 Å². The minimum absolute atomic E-state index is 0. The van der Waals surface area contributed by atoms with Gasteiger partial charge in [0, 0.05) is 51.9 Å². The average Bonchev–Trinajstić information content (AvgIpc) is 2.87. The van der Waals surface area contributed by atoms with Crippen molar-refractivity contribution in [3.05, 3.63) is 71.8 Å². The predicted molar refractivity (Wildman–Crippen MR) is 151 cm³/mol. The molecule has 34 heavy (non-hydrogen) atoms. The van der Waals surface area contributed by atoms with Crippen molar-refractivity contribution >= 4 is 29.9 Å². The summed E-state index contributed by atoms with van der Waals surface area (Å²) in [5.41, 5.74) is 2.73. The van der Waals surface area contributed by atoms with Crippen molar-refractivity contribution in [3.63, 3.8) is 0 Å². The summed E-state index contributed by atoms with van der Waals surface area (Å²) in [5.74, 6) is 0.901. The Hall–Kier alpha value is -1.68. The lowest BCUT2D eigenvalue weighted by Crippen LogP contribution is -2.52. The summed E-state index contributed by atoms with van der Waals surface area (Å²) in [6.45, 7) is 8.83. The van der Waals surface area contributed by atoms with E-state index in [1.165, 1.54) is 11.1 Å². The molecule has 186 valence electrons. The van der Waals surface area contributed by atoms with E-state index >= 15 is 0 Å². The zero-order chi connectivity index (χ0) is 22.9. The molecule has 0 aromatic heterocycles. The van der Waals surface area contributed by atoms with Gasteiger partial charge < -0.3 is 15.4 Å². The average molecular weight is 578 g/mol. The number of hydrogen-bond acceptors (Lipinski definition) is 4. The van der Waals surface area contributed by atoms with Crippen LogP contribution in [0.1, 0.15) is 36.9 Å². The molecule has 2 aromatic rings. The van der Waals surface area contributed by atoms with Gasteiger partial charge in [0.1, 0.15) is 0 Å². The molecule has 0 aliphatic carbocycles. The molecule has 4 rings (SSSR count). The van der Waals surface area contributed by atoms with Gasteiger partial charge in [0.15, 0.2) is 5.96 Å². The first-order valence-corrected chi connectivity index (χ1v) is 12.3. The molecule has 2 aromatic carbocycles. The second-order valence-electron chi connectivity index (χ2n) is 9.20. The van der Waals surface area contributed by atoms with Crippen LogP contribution in [0.2, 0.25) is 0 Å². The minimum Gasteiger partial charge on any atom is -0.379 e. The van der Waals surface area contributed by atoms with Gasteiger partial charge in [-0.3, -0.25) is 14.8 Å². The fraction of sp³-hybridized carbons (Fsp3) is 0.519. The first-order valence-electron chi connectivity index (χ1n) is 12.3. The van der Waals surface area contributed by atoms with Gasteiger partial charge in [0.05, 0.1) is 19.3 Å². The molecule has 2 heterocycles. The summed E-state index contributed by atoms with van der Waals surface area (Å²) in [6.07, 6.45) is 2.25. The monoisotopic (exact) mass is 577 g/mol. The zero-order valence-electron chi connectivity index (χ0n) is 20.5. The summed E-state index contributed by atoms with van der Waals surface area (Å²) < 4.78 is 5.59. The smallest absolute Gasteiger partial charge is 0.191 e. The number of hydrogen-bond donors (Lipinski definition) is 2. The predicted octanol–water partition coefficient (Wildman–Crippen LogP) is 3.90. The highest BCUT2D eigenvalue weighted by molar-refractivity contribution is 14.0. The van der Waals surface area contributed by atoms with E-state index in [-0.39, 0.29) is 24.0 Å². The van der Waals surface area contributed by atoms with E-state index in [4.69, 9.17) is 4.74 Å². The number of guanidine groups is 1. The minimum atomic E-state index is 0. The highest BCUT2D eigenvalue weighted by Gasteiger charge is 2.27. The number of aliphatic imine (C=N–C) groups is 1. The van der Waals surface area contributed by atoms with Gasteiger partial charge in [-0.15, -0.1) is 24.0 Å². The summed E-state index contributed by atoms with van der Waals surface area (Å²) >= 11 is 0. The fourth-order valence-corrected chi connectivity index (χ4v) is 5.01.